The molecule has 3 N–H and O–H groups in total. The van der Waals surface area contributed by atoms with E-state index in [9.17, 15) is 14.4 Å². The summed E-state index contributed by atoms with van der Waals surface area (Å²) in [4.78, 5) is 72.6. The second-order valence-corrected chi connectivity index (χ2v) is 21.0. The van der Waals surface area contributed by atoms with Gasteiger partial charge in [-0.15, -0.1) is 0 Å². The molecule has 6 bridgehead atoms. The zero-order valence-corrected chi connectivity index (χ0v) is 39.1. The van der Waals surface area contributed by atoms with Crippen molar-refractivity contribution in [3.8, 4) is 0 Å². The average molecular weight is 938 g/mol. The molecule has 3 amide bonds. The minimum Gasteiger partial charge on any atom is -0.457 e. The molecular formula is C58H55N3O7S. The number of fused-ring (bicyclic) bond motifs is 1. The van der Waals surface area contributed by atoms with Gasteiger partial charge in [-0.2, -0.15) is 11.3 Å². The van der Waals surface area contributed by atoms with E-state index in [1.165, 1.54) is 48.8 Å². The largest absolute Gasteiger partial charge is 0.457 e. The summed E-state index contributed by atoms with van der Waals surface area (Å²) in [5.41, 5.74) is 6.89. The fraction of sp³-hybridized carbons (Fsp3) is 0.328. The Morgan fingerprint density at radius 1 is 0.580 bits per heavy atom. The van der Waals surface area contributed by atoms with Crippen LogP contribution in [-0.4, -0.2) is 42.2 Å². The van der Waals surface area contributed by atoms with Crippen molar-refractivity contribution in [1.82, 2.24) is 10.6 Å². The molecule has 1 heterocycles. The van der Waals surface area contributed by atoms with Crippen molar-refractivity contribution in [2.75, 3.05) is 11.9 Å². The number of hydrogen-bond donors (Lipinski definition) is 3. The van der Waals surface area contributed by atoms with Gasteiger partial charge in [-0.25, -0.2) is 9.59 Å². The van der Waals surface area contributed by atoms with Crippen molar-refractivity contribution >= 4 is 46.7 Å². The summed E-state index contributed by atoms with van der Waals surface area (Å²) in [6.45, 7) is 0.612. The van der Waals surface area contributed by atoms with Crippen molar-refractivity contribution in [2.45, 2.75) is 76.0 Å². The van der Waals surface area contributed by atoms with Gasteiger partial charge in [0.1, 0.15) is 19.3 Å². The van der Waals surface area contributed by atoms with Crippen molar-refractivity contribution in [1.29, 1.82) is 0 Å². The van der Waals surface area contributed by atoms with Gasteiger partial charge in [0.05, 0.1) is 23.0 Å². The number of ether oxygens (including phenoxy) is 2. The van der Waals surface area contributed by atoms with Gasteiger partial charge in [0, 0.05) is 30.5 Å². The molecule has 11 heteroatoms. The SMILES string of the molecule is O=C(OCc1ccccc1)c1cc(NC(=O)[C@H](Cc2ccsc2)NC(=O)[C@H]2C3c4ccccc4C(c4ccccc43)[C@H]2C(=O)NCC23CC4CC(CC(C4)C2)C3)cc(C(=O)OCc2ccccc2)c1. The number of thiophene rings is 1. The third kappa shape index (κ3) is 9.12. The molecule has 69 heavy (non-hydrogen) atoms. The summed E-state index contributed by atoms with van der Waals surface area (Å²) in [5.74, 6) is -2.58. The smallest absolute Gasteiger partial charge is 0.338 e. The minimum atomic E-state index is -1.10. The molecule has 0 spiro atoms. The zero-order valence-electron chi connectivity index (χ0n) is 38.3. The number of carbonyl (C=O) groups is 5. The first-order chi connectivity index (χ1) is 33.7. The van der Waals surface area contributed by atoms with Crippen LogP contribution in [0, 0.1) is 35.0 Å². The van der Waals surface area contributed by atoms with E-state index in [4.69, 9.17) is 9.47 Å². The van der Waals surface area contributed by atoms with Crippen molar-refractivity contribution in [3.63, 3.8) is 0 Å². The van der Waals surface area contributed by atoms with E-state index in [2.05, 4.69) is 40.2 Å². The van der Waals surface area contributed by atoms with E-state index in [1.807, 2.05) is 102 Å². The van der Waals surface area contributed by atoms with Crippen molar-refractivity contribution in [2.24, 2.45) is 35.0 Å². The van der Waals surface area contributed by atoms with Crippen molar-refractivity contribution in [3.05, 3.63) is 194 Å². The highest BCUT2D eigenvalue weighted by atomic mass is 32.1. The van der Waals surface area contributed by atoms with Crippen molar-refractivity contribution < 1.29 is 33.4 Å². The Morgan fingerprint density at radius 3 is 1.54 bits per heavy atom. The number of esters is 2. The molecule has 10 nitrogen and oxygen atoms in total. The molecular weight excluding hydrogens is 883 g/mol. The molecule has 3 atom stereocenters. The van der Waals surface area contributed by atoms with E-state index in [1.54, 1.807) is 0 Å². The summed E-state index contributed by atoms with van der Waals surface area (Å²) in [6.07, 6.45) is 7.54. The van der Waals surface area contributed by atoms with Gasteiger partial charge in [-0.1, -0.05) is 109 Å². The Bertz CT molecular complexity index is 2740. The Hall–Kier alpha value is -6.85. The van der Waals surface area contributed by atoms with Gasteiger partial charge in [0.15, 0.2) is 0 Å². The lowest BCUT2D eigenvalue weighted by Crippen LogP contribution is -2.57. The molecule has 0 radical (unpaired) electrons. The second kappa shape index (κ2) is 18.9. The normalized spacial score (nSPS) is 24.8. The highest BCUT2D eigenvalue weighted by Crippen LogP contribution is 2.61. The molecule has 0 unspecified atom stereocenters. The fourth-order valence-corrected chi connectivity index (χ4v) is 13.8. The second-order valence-electron chi connectivity index (χ2n) is 20.2. The molecule has 13 rings (SSSR count). The number of hydrogen-bond acceptors (Lipinski definition) is 8. The summed E-state index contributed by atoms with van der Waals surface area (Å²) < 4.78 is 11.3. The molecule has 1 aromatic heterocycles. The van der Waals surface area contributed by atoms with Crippen LogP contribution < -0.4 is 16.0 Å². The third-order valence-corrected chi connectivity index (χ3v) is 16.3. The van der Waals surface area contributed by atoms with E-state index >= 15 is 9.59 Å². The zero-order chi connectivity index (χ0) is 47.1. The highest BCUT2D eigenvalue weighted by Gasteiger charge is 2.56. The first-order valence-electron chi connectivity index (χ1n) is 24.3. The summed E-state index contributed by atoms with van der Waals surface area (Å²) in [6, 6.07) is 39.9. The van der Waals surface area contributed by atoms with E-state index < -0.39 is 41.6 Å². The molecule has 0 aliphatic heterocycles. The van der Waals surface area contributed by atoms with Crippen LogP contribution in [0.25, 0.3) is 0 Å². The van der Waals surface area contributed by atoms with Crippen LogP contribution in [-0.2, 0) is 43.5 Å². The van der Waals surface area contributed by atoms with Gasteiger partial charge in [-0.3, -0.25) is 14.4 Å². The maximum absolute atomic E-state index is 15.4. The lowest BCUT2D eigenvalue weighted by atomic mass is 9.49. The maximum atomic E-state index is 15.4. The lowest BCUT2D eigenvalue weighted by molar-refractivity contribution is -0.139. The van der Waals surface area contributed by atoms with E-state index in [0.717, 1.165) is 76.0 Å². The third-order valence-electron chi connectivity index (χ3n) is 15.6. The van der Waals surface area contributed by atoms with Crippen LogP contribution in [0.3, 0.4) is 0 Å². The average Bonchev–Trinajstić information content (AvgIpc) is 3.89. The van der Waals surface area contributed by atoms with Gasteiger partial charge in [0.2, 0.25) is 17.7 Å². The molecule has 4 fully saturated rings. The predicted octanol–water partition coefficient (Wildman–Crippen LogP) is 9.98. The van der Waals surface area contributed by atoms with Crippen LogP contribution in [0.5, 0.6) is 0 Å². The Labute approximate surface area is 406 Å². The molecule has 4 saturated carbocycles. The standard InChI is InChI=1S/C58H55N3O7S/c62-53(60-43-26-41(56(65)67-31-35-11-3-1-4-12-35)25-42(27-43)57(66)68-32-36-13-5-2-6-14-36)48(24-37-19-20-69-33-37)61-55(64)52-50-46-17-9-7-15-44(46)49(45-16-8-10-18-47(45)50)51(52)54(63)59-34-58-28-38-21-39(29-58)23-40(22-38)30-58/h1-20,25-27,33,38-40,48-52H,21-24,28-32,34H2,(H,59,63)(H,60,62)(H,61,64)/t38?,39?,40?,48-,49?,50?,51+,52-,58?/m0/s1. The van der Waals surface area contributed by atoms with Crippen LogP contribution in [0.15, 0.2) is 144 Å². The summed E-state index contributed by atoms with van der Waals surface area (Å²) in [7, 11) is 0. The summed E-state index contributed by atoms with van der Waals surface area (Å²) >= 11 is 1.48. The molecule has 7 aliphatic rings. The molecule has 5 aromatic carbocycles. The first-order valence-corrected chi connectivity index (χ1v) is 25.3. The number of benzene rings is 5. The van der Waals surface area contributed by atoms with E-state index in [0.29, 0.717) is 6.54 Å². The van der Waals surface area contributed by atoms with Crippen LogP contribution in [0.4, 0.5) is 5.69 Å². The summed E-state index contributed by atoms with van der Waals surface area (Å²) in [5, 5.41) is 13.4. The van der Waals surface area contributed by atoms with E-state index in [-0.39, 0.29) is 59.6 Å². The first kappa shape index (κ1) is 44.6. The Kier molecular flexibility index (Phi) is 12.2. The number of carbonyl (C=O) groups excluding carboxylic acids is 5. The monoisotopic (exact) mass is 937 g/mol. The maximum Gasteiger partial charge on any atom is 0.338 e. The molecule has 6 aromatic rings. The van der Waals surface area contributed by atoms with Gasteiger partial charge >= 0.3 is 11.9 Å². The van der Waals surface area contributed by atoms with Gasteiger partial charge < -0.3 is 25.4 Å². The molecule has 350 valence electrons. The molecule has 0 saturated heterocycles. The van der Waals surface area contributed by atoms with Crippen LogP contribution in [0.1, 0.15) is 110 Å². The predicted molar refractivity (Wildman–Crippen MR) is 263 cm³/mol. The number of rotatable bonds is 15. The van der Waals surface area contributed by atoms with Crippen LogP contribution in [0.2, 0.25) is 0 Å². The van der Waals surface area contributed by atoms with Gasteiger partial charge in [0.25, 0.3) is 0 Å². The Morgan fingerprint density at radius 2 is 1.06 bits per heavy atom. The highest BCUT2D eigenvalue weighted by molar-refractivity contribution is 7.07. The van der Waals surface area contributed by atoms with Crippen LogP contribution >= 0.6 is 11.3 Å². The fourth-order valence-electron chi connectivity index (χ4n) is 13.1. The topological polar surface area (TPSA) is 140 Å². The lowest BCUT2D eigenvalue weighted by Gasteiger charge is -2.57. The number of nitrogens with one attached hydrogen (secondary N) is 3. The number of anilines is 1. The minimum absolute atomic E-state index is 0.00194. The van der Waals surface area contributed by atoms with Gasteiger partial charge in [-0.05, 0) is 136 Å². The quantitative estimate of drug-likeness (QED) is 0.0872. The molecule has 7 aliphatic carbocycles. The Balaban J connectivity index is 0.893. The number of amides is 3.